The third-order valence-corrected chi connectivity index (χ3v) is 4.07. The van der Waals surface area contributed by atoms with Crippen molar-refractivity contribution in [3.05, 3.63) is 44.8 Å². The molecule has 2 aromatic rings. The lowest BCUT2D eigenvalue weighted by Gasteiger charge is -2.27. The molecule has 0 fully saturated rings. The van der Waals surface area contributed by atoms with Crippen molar-refractivity contribution >= 4 is 22.9 Å². The highest BCUT2D eigenvalue weighted by Gasteiger charge is 2.58. The molecule has 6 nitrogen and oxygen atoms in total. The third kappa shape index (κ3) is 3.59. The molecule has 3 N–H and O–H groups in total. The number of rotatable bonds is 4. The molecule has 0 aliphatic carbocycles. The Balaban J connectivity index is 2.27. The number of halogens is 3. The molecule has 0 aromatic carbocycles. The maximum Gasteiger partial charge on any atom is 0.424 e. The maximum absolute atomic E-state index is 13.2. The van der Waals surface area contributed by atoms with Crippen molar-refractivity contribution in [2.24, 2.45) is 0 Å². The number of carbonyl (C=O) groups is 1. The molecule has 0 aliphatic heterocycles. The Kier molecular flexibility index (Phi) is 4.57. The average Bonchev–Trinajstić information content (AvgIpc) is 2.87. The van der Waals surface area contributed by atoms with E-state index in [4.69, 9.17) is 0 Å². The SMILES string of the molecule is Cc1csc([C@@](O)(CC(=O)Nc2c[nH]ccc2=O)C(F)(F)F)n1. The average molecular weight is 347 g/mol. The Morgan fingerprint density at radius 2 is 2.17 bits per heavy atom. The van der Waals surface area contributed by atoms with Gasteiger partial charge in [0.1, 0.15) is 10.7 Å². The zero-order chi connectivity index (χ0) is 17.3. The summed E-state index contributed by atoms with van der Waals surface area (Å²) in [5.74, 6) is -1.16. The summed E-state index contributed by atoms with van der Waals surface area (Å²) in [5.41, 5.74) is -3.90. The van der Waals surface area contributed by atoms with Gasteiger partial charge in [0.2, 0.25) is 16.9 Å². The molecule has 2 aromatic heterocycles. The number of hydrogen-bond acceptors (Lipinski definition) is 5. The molecule has 0 unspecified atom stereocenters. The van der Waals surface area contributed by atoms with Gasteiger partial charge < -0.3 is 15.4 Å². The lowest BCUT2D eigenvalue weighted by Crippen LogP contribution is -2.45. The number of nitrogens with zero attached hydrogens (tertiary/aromatic N) is 1. The van der Waals surface area contributed by atoms with Crippen molar-refractivity contribution in [3.63, 3.8) is 0 Å². The van der Waals surface area contributed by atoms with E-state index in [9.17, 15) is 27.9 Å². The minimum absolute atomic E-state index is 0.211. The Hall–Kier alpha value is -2.20. The highest BCUT2D eigenvalue weighted by atomic mass is 32.1. The van der Waals surface area contributed by atoms with Gasteiger partial charge >= 0.3 is 6.18 Å². The number of aromatic amines is 1. The van der Waals surface area contributed by atoms with Gasteiger partial charge in [0.25, 0.3) is 0 Å². The molecule has 0 bridgehead atoms. The summed E-state index contributed by atoms with van der Waals surface area (Å²) in [7, 11) is 0. The van der Waals surface area contributed by atoms with Gasteiger partial charge in [-0.15, -0.1) is 11.3 Å². The number of anilines is 1. The first kappa shape index (κ1) is 17.2. The van der Waals surface area contributed by atoms with Crippen LogP contribution in [-0.4, -0.2) is 27.2 Å². The predicted molar refractivity (Wildman–Crippen MR) is 77.1 cm³/mol. The van der Waals surface area contributed by atoms with Crippen LogP contribution in [0.15, 0.2) is 28.6 Å². The second kappa shape index (κ2) is 6.13. The Bertz CT molecular complexity index is 771. The quantitative estimate of drug-likeness (QED) is 0.787. The Morgan fingerprint density at radius 1 is 1.48 bits per heavy atom. The molecular weight excluding hydrogens is 335 g/mol. The first-order valence-electron chi connectivity index (χ1n) is 6.32. The summed E-state index contributed by atoms with van der Waals surface area (Å²) < 4.78 is 39.7. The van der Waals surface area contributed by atoms with Crippen molar-refractivity contribution in [1.82, 2.24) is 9.97 Å². The van der Waals surface area contributed by atoms with Crippen LogP contribution >= 0.6 is 11.3 Å². The first-order valence-corrected chi connectivity index (χ1v) is 7.20. The van der Waals surface area contributed by atoms with E-state index in [2.05, 4.69) is 9.97 Å². The fourth-order valence-corrected chi connectivity index (χ4v) is 2.70. The van der Waals surface area contributed by atoms with Crippen LogP contribution in [0.4, 0.5) is 18.9 Å². The monoisotopic (exact) mass is 347 g/mol. The number of H-pyrrole nitrogens is 1. The number of thiazole rings is 1. The molecule has 0 spiro atoms. The second-order valence-electron chi connectivity index (χ2n) is 4.80. The predicted octanol–water partition coefficient (Wildman–Crippen LogP) is 1.92. The zero-order valence-electron chi connectivity index (χ0n) is 11.8. The van der Waals surface area contributed by atoms with Gasteiger partial charge in [-0.25, -0.2) is 4.98 Å². The largest absolute Gasteiger partial charge is 0.424 e. The zero-order valence-corrected chi connectivity index (χ0v) is 12.6. The lowest BCUT2D eigenvalue weighted by molar-refractivity contribution is -0.266. The van der Waals surface area contributed by atoms with E-state index in [1.807, 2.05) is 5.32 Å². The smallest absolute Gasteiger partial charge is 0.374 e. The van der Waals surface area contributed by atoms with Crippen LogP contribution in [-0.2, 0) is 10.4 Å². The lowest BCUT2D eigenvalue weighted by atomic mass is 9.99. The normalized spacial score (nSPS) is 14.3. The van der Waals surface area contributed by atoms with Crippen LogP contribution in [0.2, 0.25) is 0 Å². The maximum atomic E-state index is 13.2. The number of hydrogen-bond donors (Lipinski definition) is 3. The number of amides is 1. The van der Waals surface area contributed by atoms with Crippen LogP contribution in [0, 0.1) is 6.92 Å². The molecule has 0 saturated heterocycles. The third-order valence-electron chi connectivity index (χ3n) is 2.96. The molecule has 10 heteroatoms. The highest BCUT2D eigenvalue weighted by molar-refractivity contribution is 7.09. The van der Waals surface area contributed by atoms with Crippen LogP contribution < -0.4 is 10.7 Å². The van der Waals surface area contributed by atoms with Gasteiger partial charge in [-0.2, -0.15) is 13.2 Å². The van der Waals surface area contributed by atoms with Crippen molar-refractivity contribution in [2.45, 2.75) is 25.1 Å². The van der Waals surface area contributed by atoms with Crippen molar-refractivity contribution in [2.75, 3.05) is 5.32 Å². The minimum atomic E-state index is -5.10. The van der Waals surface area contributed by atoms with Gasteiger partial charge in [0, 0.05) is 29.5 Å². The molecule has 1 atom stereocenters. The highest BCUT2D eigenvalue weighted by Crippen LogP contribution is 2.42. The Morgan fingerprint density at radius 3 is 2.70 bits per heavy atom. The number of aryl methyl sites for hydroxylation is 1. The van der Waals surface area contributed by atoms with Crippen molar-refractivity contribution < 1.29 is 23.1 Å². The molecule has 0 radical (unpaired) electrons. The van der Waals surface area contributed by atoms with E-state index in [0.29, 0.717) is 17.0 Å². The summed E-state index contributed by atoms with van der Waals surface area (Å²) in [5, 5.41) is 12.8. The fourth-order valence-electron chi connectivity index (χ4n) is 1.78. The summed E-state index contributed by atoms with van der Waals surface area (Å²) in [4.78, 5) is 29.5. The number of nitrogens with one attached hydrogen (secondary N) is 2. The van der Waals surface area contributed by atoms with Crippen molar-refractivity contribution in [1.29, 1.82) is 0 Å². The molecule has 2 rings (SSSR count). The number of aliphatic hydroxyl groups is 1. The van der Waals surface area contributed by atoms with Crippen LogP contribution in [0.1, 0.15) is 17.1 Å². The van der Waals surface area contributed by atoms with Crippen LogP contribution in [0.5, 0.6) is 0 Å². The van der Waals surface area contributed by atoms with E-state index in [1.165, 1.54) is 18.5 Å². The second-order valence-corrected chi connectivity index (χ2v) is 5.66. The van der Waals surface area contributed by atoms with Gasteiger partial charge in [-0.05, 0) is 6.92 Å². The number of carbonyl (C=O) groups excluding carboxylic acids is 1. The summed E-state index contributed by atoms with van der Waals surface area (Å²) in [6.45, 7) is 1.47. The summed E-state index contributed by atoms with van der Waals surface area (Å²) in [6, 6.07) is 1.11. The number of aromatic nitrogens is 2. The molecule has 2 heterocycles. The van der Waals surface area contributed by atoms with E-state index in [-0.39, 0.29) is 5.69 Å². The standard InChI is InChI=1S/C13H12F3N3O3S/c1-7-6-23-11(18-7)12(22,13(14,15)16)4-10(21)19-8-5-17-3-2-9(8)20/h2-3,5-6,22H,4H2,1H3,(H,17,20)(H,19,21)/t12-/m0/s1. The van der Waals surface area contributed by atoms with Gasteiger partial charge in [-0.3, -0.25) is 9.59 Å². The number of alkyl halides is 3. The van der Waals surface area contributed by atoms with Crippen LogP contribution in [0.25, 0.3) is 0 Å². The summed E-state index contributed by atoms with van der Waals surface area (Å²) in [6.07, 6.45) is -3.96. The molecule has 124 valence electrons. The van der Waals surface area contributed by atoms with Gasteiger partial charge in [-0.1, -0.05) is 0 Å². The minimum Gasteiger partial charge on any atom is -0.374 e. The topological polar surface area (TPSA) is 95.1 Å². The van der Waals surface area contributed by atoms with Gasteiger partial charge in [0.05, 0.1) is 6.42 Å². The van der Waals surface area contributed by atoms with E-state index in [0.717, 1.165) is 12.3 Å². The fraction of sp³-hybridized carbons (Fsp3) is 0.308. The van der Waals surface area contributed by atoms with Crippen LogP contribution in [0.3, 0.4) is 0 Å². The summed E-state index contributed by atoms with van der Waals surface area (Å²) >= 11 is 0.606. The number of pyridine rings is 1. The van der Waals surface area contributed by atoms with Gasteiger partial charge in [0.15, 0.2) is 0 Å². The van der Waals surface area contributed by atoms with E-state index < -0.39 is 34.5 Å². The molecule has 0 saturated carbocycles. The molecular formula is C13H12F3N3O3S. The molecule has 1 amide bonds. The van der Waals surface area contributed by atoms with E-state index in [1.54, 1.807) is 0 Å². The molecule has 0 aliphatic rings. The Labute approximate surface area is 132 Å². The van der Waals surface area contributed by atoms with E-state index >= 15 is 0 Å². The van der Waals surface area contributed by atoms with Crippen molar-refractivity contribution in [3.8, 4) is 0 Å². The molecule has 23 heavy (non-hydrogen) atoms. The first-order chi connectivity index (χ1) is 10.6.